The van der Waals surface area contributed by atoms with Gasteiger partial charge in [0.2, 0.25) is 5.91 Å². The molecule has 0 saturated heterocycles. The van der Waals surface area contributed by atoms with Gasteiger partial charge in [-0.2, -0.15) is 0 Å². The monoisotopic (exact) mass is 605 g/mol. The van der Waals surface area contributed by atoms with Crippen LogP contribution in [0.25, 0.3) is 0 Å². The number of thioether (sulfide) groups is 1. The Morgan fingerprint density at radius 1 is 1.07 bits per heavy atom. The summed E-state index contributed by atoms with van der Waals surface area (Å²) in [4.78, 5) is 39.6. The van der Waals surface area contributed by atoms with Crippen molar-refractivity contribution < 1.29 is 23.9 Å². The molecule has 218 valence electrons. The molecule has 0 fully saturated rings. The van der Waals surface area contributed by atoms with Gasteiger partial charge in [-0.05, 0) is 55.5 Å². The van der Waals surface area contributed by atoms with E-state index in [2.05, 4.69) is 20.8 Å². The molecule has 1 aliphatic rings. The normalized spacial score (nSPS) is 12.0. The lowest BCUT2D eigenvalue weighted by Crippen LogP contribution is -2.25. The van der Waals surface area contributed by atoms with Gasteiger partial charge in [0.25, 0.3) is 5.91 Å². The van der Waals surface area contributed by atoms with E-state index in [1.165, 1.54) is 23.1 Å². The highest BCUT2D eigenvalue weighted by molar-refractivity contribution is 7.99. The number of carbonyl (C=O) groups is 3. The van der Waals surface area contributed by atoms with Crippen LogP contribution in [0.15, 0.2) is 59.8 Å². The van der Waals surface area contributed by atoms with E-state index in [1.54, 1.807) is 38.3 Å². The van der Waals surface area contributed by atoms with Crippen LogP contribution in [0.4, 0.5) is 5.00 Å². The van der Waals surface area contributed by atoms with Gasteiger partial charge < -0.3 is 24.7 Å². The van der Waals surface area contributed by atoms with Crippen LogP contribution in [0.5, 0.6) is 5.75 Å². The standard InChI is InChI=1S/C30H31N5O5S2/c1-3-40-29(38)26-22-13-8-14-23(22)42-28(26)32-25(36)18-41-30-34-33-24(35(30)17-19-9-5-4-6-10-19)16-31-27(37)20-11-7-12-21(15-20)39-2/h4-7,9-12,15H,3,8,13-14,16-18H2,1-2H3,(H,31,37)(H,32,36). The van der Waals surface area contributed by atoms with Crippen LogP contribution in [0, 0.1) is 0 Å². The molecule has 0 radical (unpaired) electrons. The molecular weight excluding hydrogens is 574 g/mol. The Hall–Kier alpha value is -4.16. The van der Waals surface area contributed by atoms with Crippen LogP contribution in [0.2, 0.25) is 0 Å². The van der Waals surface area contributed by atoms with Crippen molar-refractivity contribution in [3.63, 3.8) is 0 Å². The van der Waals surface area contributed by atoms with Gasteiger partial charge in [-0.25, -0.2) is 4.79 Å². The predicted molar refractivity (Wildman–Crippen MR) is 161 cm³/mol. The van der Waals surface area contributed by atoms with Crippen molar-refractivity contribution in [3.8, 4) is 5.75 Å². The second-order valence-electron chi connectivity index (χ2n) is 9.50. The number of benzene rings is 2. The van der Waals surface area contributed by atoms with Crippen molar-refractivity contribution >= 4 is 45.9 Å². The maximum Gasteiger partial charge on any atom is 0.341 e. The minimum Gasteiger partial charge on any atom is -0.497 e. The molecule has 0 atom stereocenters. The number of ether oxygens (including phenoxy) is 2. The van der Waals surface area contributed by atoms with Gasteiger partial charge in [0, 0.05) is 10.4 Å². The van der Waals surface area contributed by atoms with Crippen LogP contribution in [0.3, 0.4) is 0 Å². The van der Waals surface area contributed by atoms with Crippen molar-refractivity contribution in [1.82, 2.24) is 20.1 Å². The predicted octanol–water partition coefficient (Wildman–Crippen LogP) is 4.72. The number of methoxy groups -OCH3 is 1. The molecule has 2 aromatic carbocycles. The molecule has 42 heavy (non-hydrogen) atoms. The third kappa shape index (κ3) is 6.82. The lowest BCUT2D eigenvalue weighted by atomic mass is 10.1. The fraction of sp³-hybridized carbons (Fsp3) is 0.300. The molecule has 0 bridgehead atoms. The molecule has 0 unspecified atom stereocenters. The number of fused-ring (bicyclic) bond motifs is 1. The molecule has 10 nitrogen and oxygen atoms in total. The summed E-state index contributed by atoms with van der Waals surface area (Å²) in [5.41, 5.74) is 2.96. The molecule has 0 spiro atoms. The van der Waals surface area contributed by atoms with Crippen molar-refractivity contribution in [3.05, 3.63) is 87.6 Å². The highest BCUT2D eigenvalue weighted by Gasteiger charge is 2.28. The summed E-state index contributed by atoms with van der Waals surface area (Å²) in [7, 11) is 1.55. The zero-order chi connectivity index (χ0) is 29.5. The lowest BCUT2D eigenvalue weighted by Gasteiger charge is -2.12. The Balaban J connectivity index is 1.29. The molecule has 0 aliphatic heterocycles. The Bertz CT molecular complexity index is 1580. The van der Waals surface area contributed by atoms with E-state index < -0.39 is 5.97 Å². The molecule has 0 saturated carbocycles. The van der Waals surface area contributed by atoms with Gasteiger partial charge in [-0.3, -0.25) is 9.59 Å². The Morgan fingerprint density at radius 3 is 2.69 bits per heavy atom. The zero-order valence-corrected chi connectivity index (χ0v) is 25.0. The van der Waals surface area contributed by atoms with Gasteiger partial charge >= 0.3 is 5.97 Å². The number of nitrogens with one attached hydrogen (secondary N) is 2. The third-order valence-electron chi connectivity index (χ3n) is 6.70. The summed E-state index contributed by atoms with van der Waals surface area (Å²) < 4.78 is 12.4. The largest absolute Gasteiger partial charge is 0.497 e. The number of nitrogens with zero attached hydrogens (tertiary/aromatic N) is 3. The van der Waals surface area contributed by atoms with Gasteiger partial charge in [-0.15, -0.1) is 21.5 Å². The fourth-order valence-electron chi connectivity index (χ4n) is 4.71. The number of thiophene rings is 1. The van der Waals surface area contributed by atoms with Crippen LogP contribution in [0.1, 0.15) is 55.9 Å². The lowest BCUT2D eigenvalue weighted by molar-refractivity contribution is -0.113. The molecule has 12 heteroatoms. The highest BCUT2D eigenvalue weighted by Crippen LogP contribution is 2.39. The van der Waals surface area contributed by atoms with Crippen molar-refractivity contribution in [2.24, 2.45) is 0 Å². The number of amides is 2. The zero-order valence-electron chi connectivity index (χ0n) is 23.3. The number of aryl methyl sites for hydroxylation is 1. The first-order valence-corrected chi connectivity index (χ1v) is 15.4. The summed E-state index contributed by atoms with van der Waals surface area (Å²) in [5.74, 6) is 0.284. The Morgan fingerprint density at radius 2 is 1.90 bits per heavy atom. The average Bonchev–Trinajstić information content (AvgIpc) is 3.70. The number of aromatic nitrogens is 3. The number of esters is 1. The summed E-state index contributed by atoms with van der Waals surface area (Å²) in [6.45, 7) is 2.65. The van der Waals surface area contributed by atoms with Gasteiger partial charge in [0.1, 0.15) is 10.8 Å². The molecule has 2 aromatic heterocycles. The maximum atomic E-state index is 13.0. The second kappa shape index (κ2) is 13.7. The van der Waals surface area contributed by atoms with E-state index in [4.69, 9.17) is 9.47 Å². The van der Waals surface area contributed by atoms with Crippen LogP contribution in [-0.2, 0) is 35.5 Å². The molecule has 5 rings (SSSR count). The first-order valence-electron chi connectivity index (χ1n) is 13.6. The van der Waals surface area contributed by atoms with Crippen LogP contribution < -0.4 is 15.4 Å². The maximum absolute atomic E-state index is 13.0. The van der Waals surface area contributed by atoms with E-state index in [9.17, 15) is 14.4 Å². The summed E-state index contributed by atoms with van der Waals surface area (Å²) in [6.07, 6.45) is 2.71. The molecule has 2 N–H and O–H groups in total. The summed E-state index contributed by atoms with van der Waals surface area (Å²) in [5, 5.41) is 15.6. The fourth-order valence-corrected chi connectivity index (χ4v) is 6.76. The van der Waals surface area contributed by atoms with Gasteiger partial charge in [-0.1, -0.05) is 48.2 Å². The number of rotatable bonds is 12. The Kier molecular flexibility index (Phi) is 9.55. The SMILES string of the molecule is CCOC(=O)c1c(NC(=O)CSc2nnc(CNC(=O)c3cccc(OC)c3)n2Cc2ccccc2)sc2c1CCC2. The van der Waals surface area contributed by atoms with E-state index in [-0.39, 0.29) is 30.7 Å². The molecular formula is C30H31N5O5S2. The number of hydrogen-bond acceptors (Lipinski definition) is 9. The minimum atomic E-state index is -0.400. The first kappa shape index (κ1) is 29.3. The molecule has 1 aliphatic carbocycles. The average molecular weight is 606 g/mol. The van der Waals surface area contributed by atoms with E-state index in [1.807, 2.05) is 34.9 Å². The van der Waals surface area contributed by atoms with Crippen molar-refractivity contribution in [1.29, 1.82) is 0 Å². The van der Waals surface area contributed by atoms with Crippen LogP contribution in [-0.4, -0.2) is 52.0 Å². The number of hydrogen-bond donors (Lipinski definition) is 2. The molecule has 2 amide bonds. The highest BCUT2D eigenvalue weighted by atomic mass is 32.2. The minimum absolute atomic E-state index is 0.0634. The Labute approximate surface area is 251 Å². The van der Waals surface area contributed by atoms with E-state index in [0.717, 1.165) is 35.3 Å². The quantitative estimate of drug-likeness (QED) is 0.176. The second-order valence-corrected chi connectivity index (χ2v) is 11.6. The number of carbonyl (C=O) groups excluding carboxylic acids is 3. The van der Waals surface area contributed by atoms with Crippen molar-refractivity contribution in [2.75, 3.05) is 24.8 Å². The molecule has 2 heterocycles. The van der Waals surface area contributed by atoms with Gasteiger partial charge in [0.15, 0.2) is 11.0 Å². The topological polar surface area (TPSA) is 124 Å². The smallest absolute Gasteiger partial charge is 0.341 e. The van der Waals surface area contributed by atoms with E-state index >= 15 is 0 Å². The third-order valence-corrected chi connectivity index (χ3v) is 8.88. The summed E-state index contributed by atoms with van der Waals surface area (Å²) in [6, 6.07) is 16.7. The first-order chi connectivity index (χ1) is 20.5. The van der Waals surface area contributed by atoms with Gasteiger partial charge in [0.05, 0.1) is 38.1 Å². The molecule has 4 aromatic rings. The van der Waals surface area contributed by atoms with E-state index in [0.29, 0.717) is 39.4 Å². The number of anilines is 1. The van der Waals surface area contributed by atoms with Crippen molar-refractivity contribution in [2.45, 2.75) is 44.4 Å². The summed E-state index contributed by atoms with van der Waals surface area (Å²) >= 11 is 2.69. The van der Waals surface area contributed by atoms with Crippen LogP contribution >= 0.6 is 23.1 Å².